The quantitative estimate of drug-likeness (QED) is 0.730. The third-order valence-electron chi connectivity index (χ3n) is 3.13. The Bertz CT molecular complexity index is 323. The van der Waals surface area contributed by atoms with Crippen LogP contribution in [0, 0.1) is 0 Å². The second kappa shape index (κ2) is 6.13. The van der Waals surface area contributed by atoms with Crippen molar-refractivity contribution in [1.29, 1.82) is 0 Å². The van der Waals surface area contributed by atoms with Crippen LogP contribution in [-0.4, -0.2) is 53.4 Å². The first-order valence-corrected chi connectivity index (χ1v) is 6.23. The third-order valence-corrected chi connectivity index (χ3v) is 3.13. The van der Waals surface area contributed by atoms with Crippen molar-refractivity contribution in [3.05, 3.63) is 0 Å². The zero-order chi connectivity index (χ0) is 13.8. The van der Waals surface area contributed by atoms with Gasteiger partial charge in [-0.2, -0.15) is 0 Å². The van der Waals surface area contributed by atoms with Crippen LogP contribution in [0.15, 0.2) is 0 Å². The lowest BCUT2D eigenvalue weighted by atomic mass is 10.1. The number of carbonyl (C=O) groups excluding carboxylic acids is 1. The summed E-state index contributed by atoms with van der Waals surface area (Å²) in [6.07, 6.45) is 1.03. The average molecular weight is 261 g/mol. The van der Waals surface area contributed by atoms with Crippen LogP contribution < -0.4 is 0 Å². The van der Waals surface area contributed by atoms with E-state index in [4.69, 9.17) is 9.84 Å². The molecule has 5 nitrogen and oxygen atoms in total. The fourth-order valence-corrected chi connectivity index (χ4v) is 1.87. The van der Waals surface area contributed by atoms with E-state index in [0.717, 1.165) is 12.8 Å². The number of carbonyl (C=O) groups is 2. The molecule has 0 aromatic rings. The Morgan fingerprint density at radius 3 is 2.72 bits per heavy atom. The van der Waals surface area contributed by atoms with Crippen molar-refractivity contribution in [3.8, 4) is 0 Å². The number of nitrogens with zero attached hydrogens (tertiary/aromatic N) is 1. The van der Waals surface area contributed by atoms with E-state index in [1.165, 1.54) is 4.90 Å². The maximum Gasteiger partial charge on any atom is 0.343 e. The van der Waals surface area contributed by atoms with Crippen LogP contribution in [0.25, 0.3) is 0 Å². The first-order valence-electron chi connectivity index (χ1n) is 6.23. The number of carboxylic acid groups (broad SMARTS) is 1. The molecule has 1 heterocycles. The summed E-state index contributed by atoms with van der Waals surface area (Å²) in [6, 6.07) is 0. The second-order valence-corrected chi connectivity index (χ2v) is 4.65. The monoisotopic (exact) mass is 261 g/mol. The maximum absolute atomic E-state index is 13.8. The molecule has 1 N–H and O–H groups in total. The zero-order valence-electron chi connectivity index (χ0n) is 10.8. The number of rotatable bonds is 6. The van der Waals surface area contributed by atoms with Crippen LogP contribution in [0.4, 0.5) is 4.39 Å². The molecule has 1 rings (SSSR count). The normalized spacial score (nSPS) is 25.2. The smallest absolute Gasteiger partial charge is 0.343 e. The molecule has 1 saturated heterocycles. The van der Waals surface area contributed by atoms with Crippen LogP contribution in [0.1, 0.15) is 33.1 Å². The van der Waals surface area contributed by atoms with Crippen molar-refractivity contribution in [2.75, 3.05) is 19.7 Å². The predicted molar refractivity (Wildman–Crippen MR) is 63.0 cm³/mol. The number of aliphatic carboxylic acids is 1. The predicted octanol–water partition coefficient (Wildman–Crippen LogP) is 1.22. The summed E-state index contributed by atoms with van der Waals surface area (Å²) >= 11 is 0. The van der Waals surface area contributed by atoms with Crippen LogP contribution in [0.2, 0.25) is 0 Å². The Morgan fingerprint density at radius 2 is 2.22 bits per heavy atom. The number of hydrogen-bond donors (Lipinski definition) is 1. The highest BCUT2D eigenvalue weighted by atomic mass is 19.1. The lowest BCUT2D eigenvalue weighted by Crippen LogP contribution is -2.42. The molecule has 1 aliphatic heterocycles. The van der Waals surface area contributed by atoms with Crippen molar-refractivity contribution < 1.29 is 23.8 Å². The minimum absolute atomic E-state index is 0.128. The van der Waals surface area contributed by atoms with E-state index >= 15 is 0 Å². The van der Waals surface area contributed by atoms with E-state index in [0.29, 0.717) is 6.61 Å². The Hall–Kier alpha value is -1.17. The average Bonchev–Trinajstić information content (AvgIpc) is 2.72. The zero-order valence-corrected chi connectivity index (χ0v) is 10.8. The molecular weight excluding hydrogens is 241 g/mol. The van der Waals surface area contributed by atoms with E-state index in [2.05, 4.69) is 0 Å². The van der Waals surface area contributed by atoms with Crippen molar-refractivity contribution in [1.82, 2.24) is 4.90 Å². The number of carboxylic acids is 1. The number of likely N-dealkylation sites (tertiary alicyclic amines) is 1. The molecule has 1 amide bonds. The van der Waals surface area contributed by atoms with E-state index < -0.39 is 17.7 Å². The molecule has 0 bridgehead atoms. The Balaban J connectivity index is 2.46. The van der Waals surface area contributed by atoms with Crippen LogP contribution in [0.3, 0.4) is 0 Å². The van der Waals surface area contributed by atoms with Gasteiger partial charge in [-0.1, -0.05) is 13.3 Å². The molecular formula is C12H20FNO4. The number of unbranched alkanes of at least 4 members (excludes halogenated alkanes) is 1. The summed E-state index contributed by atoms with van der Waals surface area (Å²) in [5.41, 5.74) is -2.31. The highest BCUT2D eigenvalue weighted by Gasteiger charge is 2.47. The summed E-state index contributed by atoms with van der Waals surface area (Å²) in [6.45, 7) is 3.85. The molecule has 1 aliphatic rings. The molecule has 104 valence electrons. The number of ether oxygens (including phenoxy) is 1. The van der Waals surface area contributed by atoms with Gasteiger partial charge in [0.15, 0.2) is 0 Å². The van der Waals surface area contributed by atoms with Gasteiger partial charge in [-0.3, -0.25) is 4.79 Å². The Labute approximate surface area is 106 Å². The van der Waals surface area contributed by atoms with E-state index in [-0.39, 0.29) is 25.4 Å². The molecule has 0 saturated carbocycles. The number of hydrogen-bond acceptors (Lipinski definition) is 3. The maximum atomic E-state index is 13.8. The van der Waals surface area contributed by atoms with Crippen LogP contribution >= 0.6 is 0 Å². The first-order chi connectivity index (χ1) is 8.40. The van der Waals surface area contributed by atoms with Crippen molar-refractivity contribution in [2.24, 2.45) is 0 Å². The molecule has 2 unspecified atom stereocenters. The van der Waals surface area contributed by atoms with Gasteiger partial charge in [0, 0.05) is 19.6 Å². The van der Waals surface area contributed by atoms with Gasteiger partial charge in [-0.05, 0) is 13.3 Å². The largest absolute Gasteiger partial charge is 0.479 e. The molecule has 0 spiro atoms. The SMILES string of the molecule is CCCCOC(C)C(=O)N1CCC(F)(C(=O)O)C1. The molecule has 0 aromatic heterocycles. The fraction of sp³-hybridized carbons (Fsp3) is 0.833. The molecule has 0 radical (unpaired) electrons. The van der Waals surface area contributed by atoms with E-state index in [1.807, 2.05) is 6.92 Å². The molecule has 0 aliphatic carbocycles. The van der Waals surface area contributed by atoms with Crippen molar-refractivity contribution >= 4 is 11.9 Å². The van der Waals surface area contributed by atoms with Gasteiger partial charge in [-0.25, -0.2) is 9.18 Å². The fourth-order valence-electron chi connectivity index (χ4n) is 1.87. The van der Waals surface area contributed by atoms with Gasteiger partial charge in [0.25, 0.3) is 5.91 Å². The van der Waals surface area contributed by atoms with Gasteiger partial charge in [0.05, 0.1) is 6.54 Å². The second-order valence-electron chi connectivity index (χ2n) is 4.65. The summed E-state index contributed by atoms with van der Waals surface area (Å²) in [7, 11) is 0. The number of amides is 1. The standard InChI is InChI=1S/C12H20FNO4/c1-3-4-7-18-9(2)10(15)14-6-5-12(13,8-14)11(16)17/h9H,3-8H2,1-2H3,(H,16,17). The van der Waals surface area contributed by atoms with Crippen LogP contribution in [0.5, 0.6) is 0 Å². The third kappa shape index (κ3) is 3.41. The Kier molecular flexibility index (Phi) is 5.07. The van der Waals surface area contributed by atoms with Crippen molar-refractivity contribution in [3.63, 3.8) is 0 Å². The highest BCUT2D eigenvalue weighted by molar-refractivity contribution is 5.84. The first kappa shape index (κ1) is 14.9. The van der Waals surface area contributed by atoms with Crippen molar-refractivity contribution in [2.45, 2.75) is 44.9 Å². The lowest BCUT2D eigenvalue weighted by molar-refractivity contribution is -0.151. The van der Waals surface area contributed by atoms with Gasteiger partial charge >= 0.3 is 5.97 Å². The van der Waals surface area contributed by atoms with Gasteiger partial charge in [0.2, 0.25) is 5.67 Å². The highest BCUT2D eigenvalue weighted by Crippen LogP contribution is 2.26. The minimum atomic E-state index is -2.31. The summed E-state index contributed by atoms with van der Waals surface area (Å²) in [5, 5.41) is 8.74. The minimum Gasteiger partial charge on any atom is -0.479 e. The molecule has 18 heavy (non-hydrogen) atoms. The molecule has 2 atom stereocenters. The van der Waals surface area contributed by atoms with Gasteiger partial charge < -0.3 is 14.7 Å². The number of alkyl halides is 1. The van der Waals surface area contributed by atoms with E-state index in [9.17, 15) is 14.0 Å². The van der Waals surface area contributed by atoms with E-state index in [1.54, 1.807) is 6.92 Å². The lowest BCUT2D eigenvalue weighted by Gasteiger charge is -2.21. The number of halogens is 1. The summed E-state index contributed by atoms with van der Waals surface area (Å²) in [4.78, 5) is 23.8. The summed E-state index contributed by atoms with van der Waals surface area (Å²) in [5.74, 6) is -1.84. The van der Waals surface area contributed by atoms with Gasteiger partial charge in [-0.15, -0.1) is 0 Å². The molecule has 6 heteroatoms. The summed E-state index contributed by atoms with van der Waals surface area (Å²) < 4.78 is 19.1. The van der Waals surface area contributed by atoms with Gasteiger partial charge in [0.1, 0.15) is 6.10 Å². The van der Waals surface area contributed by atoms with Crippen LogP contribution in [-0.2, 0) is 14.3 Å². The molecule has 1 fully saturated rings. The topological polar surface area (TPSA) is 66.8 Å². The molecule has 0 aromatic carbocycles. The Morgan fingerprint density at radius 1 is 1.56 bits per heavy atom.